The smallest absolute Gasteiger partial charge is 0.250 e. The summed E-state index contributed by atoms with van der Waals surface area (Å²) in [5.74, 6) is 1.87. The molecule has 0 unspecified atom stereocenters. The molecule has 0 amide bonds. The predicted octanol–water partition coefficient (Wildman–Crippen LogP) is 3.88. The van der Waals surface area contributed by atoms with Crippen LogP contribution in [0.2, 0.25) is 0 Å². The zero-order valence-corrected chi connectivity index (χ0v) is 18.1. The Balaban J connectivity index is 1.96. The summed E-state index contributed by atoms with van der Waals surface area (Å²) in [6, 6.07) is 5.71. The van der Waals surface area contributed by atoms with Crippen LogP contribution in [0.4, 0.5) is 11.6 Å². The molecule has 3 heterocycles. The molecule has 0 saturated carbocycles. The second-order valence-electron chi connectivity index (χ2n) is 7.57. The van der Waals surface area contributed by atoms with E-state index >= 15 is 0 Å². The van der Waals surface area contributed by atoms with Crippen LogP contribution in [0.1, 0.15) is 58.2 Å². The fourth-order valence-electron chi connectivity index (χ4n) is 3.49. The molecule has 0 radical (unpaired) electrons. The number of aromatic nitrogens is 4. The van der Waals surface area contributed by atoms with Crippen molar-refractivity contribution in [2.45, 2.75) is 60.0 Å². The summed E-state index contributed by atoms with van der Waals surface area (Å²) < 4.78 is 3.63. The number of hydrogen-bond donors (Lipinski definition) is 1. The maximum atomic E-state index is 12.0. The molecule has 0 aliphatic rings. The van der Waals surface area contributed by atoms with Gasteiger partial charge >= 0.3 is 0 Å². The lowest BCUT2D eigenvalue weighted by Crippen LogP contribution is -2.25. The normalized spacial score (nSPS) is 11.4. The van der Waals surface area contributed by atoms with Crippen LogP contribution in [0.25, 0.3) is 5.65 Å². The Labute approximate surface area is 172 Å². The summed E-state index contributed by atoms with van der Waals surface area (Å²) >= 11 is 0. The van der Waals surface area contributed by atoms with Crippen molar-refractivity contribution in [3.63, 3.8) is 0 Å². The molecule has 29 heavy (non-hydrogen) atoms. The minimum atomic E-state index is 0.0233. The molecule has 0 aliphatic carbocycles. The Bertz CT molecular complexity index is 1020. The molecule has 0 saturated heterocycles. The highest BCUT2D eigenvalue weighted by molar-refractivity contribution is 5.61. The standard InChI is InChI=1S/C22H32N6O/c1-6-11-26(8-3)20-12-19(28-22(25-20)18(7-2)14-24-28)23-13-17-9-10-21(29)27(15-17)16(4)5/h9-10,12,14-16,23H,6-8,11,13H2,1-5H3. The lowest BCUT2D eigenvalue weighted by molar-refractivity contribution is 0.575. The summed E-state index contributed by atoms with van der Waals surface area (Å²) in [6.45, 7) is 13.0. The third kappa shape index (κ3) is 4.44. The van der Waals surface area contributed by atoms with E-state index in [9.17, 15) is 4.79 Å². The van der Waals surface area contributed by atoms with Crippen LogP contribution in [0.3, 0.4) is 0 Å². The van der Waals surface area contributed by atoms with Crippen molar-refractivity contribution >= 4 is 17.3 Å². The lowest BCUT2D eigenvalue weighted by atomic mass is 10.2. The molecule has 3 aromatic rings. The van der Waals surface area contributed by atoms with Gasteiger partial charge in [0.2, 0.25) is 0 Å². The quantitative estimate of drug-likeness (QED) is 0.594. The van der Waals surface area contributed by atoms with Crippen LogP contribution in [0.15, 0.2) is 35.4 Å². The number of hydrogen-bond acceptors (Lipinski definition) is 5. The summed E-state index contributed by atoms with van der Waals surface area (Å²) in [4.78, 5) is 19.2. The molecule has 7 heteroatoms. The Kier molecular flexibility index (Phi) is 6.56. The molecule has 0 aliphatic heterocycles. The van der Waals surface area contributed by atoms with Gasteiger partial charge < -0.3 is 14.8 Å². The van der Waals surface area contributed by atoms with Gasteiger partial charge in [0.25, 0.3) is 5.56 Å². The minimum absolute atomic E-state index is 0.0233. The molecule has 3 aromatic heterocycles. The monoisotopic (exact) mass is 396 g/mol. The van der Waals surface area contributed by atoms with E-state index in [1.54, 1.807) is 10.6 Å². The first-order valence-electron chi connectivity index (χ1n) is 10.6. The van der Waals surface area contributed by atoms with E-state index in [-0.39, 0.29) is 11.6 Å². The van der Waals surface area contributed by atoms with Gasteiger partial charge in [0, 0.05) is 49.6 Å². The number of pyridine rings is 1. The Morgan fingerprint density at radius 1 is 1.21 bits per heavy atom. The van der Waals surface area contributed by atoms with Crippen LogP contribution in [-0.4, -0.2) is 32.3 Å². The van der Waals surface area contributed by atoms with Gasteiger partial charge in [0.15, 0.2) is 5.65 Å². The molecule has 0 bridgehead atoms. The first-order valence-corrected chi connectivity index (χ1v) is 10.6. The number of nitrogens with one attached hydrogen (secondary N) is 1. The number of aryl methyl sites for hydroxylation is 1. The van der Waals surface area contributed by atoms with E-state index in [0.717, 1.165) is 54.3 Å². The average molecular weight is 397 g/mol. The van der Waals surface area contributed by atoms with Gasteiger partial charge in [-0.2, -0.15) is 9.61 Å². The van der Waals surface area contributed by atoms with Crippen LogP contribution in [-0.2, 0) is 13.0 Å². The van der Waals surface area contributed by atoms with Crippen molar-refractivity contribution in [1.29, 1.82) is 0 Å². The topological polar surface area (TPSA) is 67.5 Å². The molecular formula is C22H32N6O. The molecule has 0 atom stereocenters. The summed E-state index contributed by atoms with van der Waals surface area (Å²) in [5, 5.41) is 8.06. The van der Waals surface area contributed by atoms with E-state index < -0.39 is 0 Å². The predicted molar refractivity (Wildman–Crippen MR) is 119 cm³/mol. The Morgan fingerprint density at radius 2 is 2.00 bits per heavy atom. The van der Waals surface area contributed by atoms with E-state index in [1.807, 2.05) is 36.8 Å². The van der Waals surface area contributed by atoms with Gasteiger partial charge in [-0.05, 0) is 39.2 Å². The largest absolute Gasteiger partial charge is 0.366 e. The first kappa shape index (κ1) is 20.9. The Hall–Kier alpha value is -2.83. The lowest BCUT2D eigenvalue weighted by Gasteiger charge is -2.22. The average Bonchev–Trinajstić information content (AvgIpc) is 3.14. The highest BCUT2D eigenvalue weighted by Gasteiger charge is 2.14. The number of nitrogens with zero attached hydrogens (tertiary/aromatic N) is 5. The van der Waals surface area contributed by atoms with Crippen molar-refractivity contribution in [2.75, 3.05) is 23.3 Å². The molecular weight excluding hydrogens is 364 g/mol. The fraction of sp³-hybridized carbons (Fsp3) is 0.500. The number of anilines is 2. The van der Waals surface area contributed by atoms with Gasteiger partial charge in [-0.1, -0.05) is 19.9 Å². The van der Waals surface area contributed by atoms with Crippen LogP contribution >= 0.6 is 0 Å². The van der Waals surface area contributed by atoms with Crippen molar-refractivity contribution in [3.8, 4) is 0 Å². The third-order valence-corrected chi connectivity index (χ3v) is 5.14. The van der Waals surface area contributed by atoms with E-state index in [0.29, 0.717) is 6.54 Å². The molecule has 0 fully saturated rings. The van der Waals surface area contributed by atoms with Gasteiger partial charge in [-0.3, -0.25) is 4.79 Å². The summed E-state index contributed by atoms with van der Waals surface area (Å²) in [5.41, 5.74) is 3.11. The summed E-state index contributed by atoms with van der Waals surface area (Å²) in [6.07, 6.45) is 5.78. The van der Waals surface area contributed by atoms with Crippen LogP contribution < -0.4 is 15.8 Å². The molecule has 0 aromatic carbocycles. The highest BCUT2D eigenvalue weighted by Crippen LogP contribution is 2.22. The third-order valence-electron chi connectivity index (χ3n) is 5.14. The van der Waals surface area contributed by atoms with Crippen molar-refractivity contribution in [1.82, 2.24) is 19.2 Å². The highest BCUT2D eigenvalue weighted by atomic mass is 16.1. The maximum absolute atomic E-state index is 12.0. The zero-order valence-electron chi connectivity index (χ0n) is 18.1. The number of fused-ring (bicyclic) bond motifs is 1. The molecule has 7 nitrogen and oxygen atoms in total. The first-order chi connectivity index (χ1) is 14.0. The van der Waals surface area contributed by atoms with E-state index in [2.05, 4.69) is 42.2 Å². The van der Waals surface area contributed by atoms with E-state index in [4.69, 9.17) is 4.98 Å². The molecule has 156 valence electrons. The van der Waals surface area contributed by atoms with Crippen LogP contribution in [0.5, 0.6) is 0 Å². The molecule has 0 spiro atoms. The zero-order chi connectivity index (χ0) is 21.0. The molecule has 1 N–H and O–H groups in total. The SMILES string of the molecule is CCCN(CC)c1cc(NCc2ccc(=O)n(C(C)C)c2)n2ncc(CC)c2n1. The van der Waals surface area contributed by atoms with Crippen molar-refractivity contribution < 1.29 is 0 Å². The van der Waals surface area contributed by atoms with Crippen LogP contribution in [0, 0.1) is 0 Å². The van der Waals surface area contributed by atoms with Gasteiger partial charge in [0.1, 0.15) is 11.6 Å². The molecule has 3 rings (SSSR count). The number of rotatable bonds is 9. The Morgan fingerprint density at radius 3 is 2.66 bits per heavy atom. The van der Waals surface area contributed by atoms with Crippen molar-refractivity contribution in [2.24, 2.45) is 0 Å². The second kappa shape index (κ2) is 9.11. The second-order valence-corrected chi connectivity index (χ2v) is 7.57. The van der Waals surface area contributed by atoms with Gasteiger partial charge in [0.05, 0.1) is 6.20 Å². The van der Waals surface area contributed by atoms with E-state index in [1.165, 1.54) is 0 Å². The van der Waals surface area contributed by atoms with Gasteiger partial charge in [-0.15, -0.1) is 0 Å². The minimum Gasteiger partial charge on any atom is -0.366 e. The van der Waals surface area contributed by atoms with Gasteiger partial charge in [-0.25, -0.2) is 4.98 Å². The maximum Gasteiger partial charge on any atom is 0.250 e. The fourth-order valence-corrected chi connectivity index (χ4v) is 3.49. The van der Waals surface area contributed by atoms with Crippen molar-refractivity contribution in [3.05, 3.63) is 52.1 Å². The summed E-state index contributed by atoms with van der Waals surface area (Å²) in [7, 11) is 0.